The minimum atomic E-state index is -0.121. The summed E-state index contributed by atoms with van der Waals surface area (Å²) in [5, 5.41) is 2.69. The third-order valence-electron chi connectivity index (χ3n) is 2.84. The molecule has 0 aliphatic carbocycles. The van der Waals surface area contributed by atoms with Gasteiger partial charge in [-0.3, -0.25) is 9.59 Å². The highest BCUT2D eigenvalue weighted by molar-refractivity contribution is 5.96. The van der Waals surface area contributed by atoms with Gasteiger partial charge in [0, 0.05) is 24.6 Å². The first-order chi connectivity index (χ1) is 9.75. The van der Waals surface area contributed by atoms with E-state index in [-0.39, 0.29) is 11.7 Å². The molecule has 0 saturated carbocycles. The highest BCUT2D eigenvalue weighted by atomic mass is 16.1. The molecule has 1 aromatic carbocycles. The van der Waals surface area contributed by atoms with Crippen molar-refractivity contribution in [2.24, 2.45) is 0 Å². The van der Waals surface area contributed by atoms with Crippen LogP contribution in [0.2, 0.25) is 0 Å². The standard InChI is InChI=1S/C16H16N2O2/c19-14(13-7-2-1-3-8-13)9-6-11-16(20)18-15-10-4-5-12-17-15/h1-5,7-8,10,12H,6,9,11H2,(H,17,18,20). The molecule has 0 saturated heterocycles. The van der Waals surface area contributed by atoms with E-state index in [2.05, 4.69) is 10.3 Å². The van der Waals surface area contributed by atoms with Gasteiger partial charge in [0.2, 0.25) is 5.91 Å². The van der Waals surface area contributed by atoms with Crippen LogP contribution in [0.25, 0.3) is 0 Å². The molecule has 2 rings (SSSR count). The molecule has 1 amide bonds. The van der Waals surface area contributed by atoms with E-state index in [1.54, 1.807) is 30.5 Å². The lowest BCUT2D eigenvalue weighted by atomic mass is 10.1. The van der Waals surface area contributed by atoms with Crippen LogP contribution in [0.4, 0.5) is 5.82 Å². The number of hydrogen-bond acceptors (Lipinski definition) is 3. The molecule has 0 fully saturated rings. The van der Waals surface area contributed by atoms with Gasteiger partial charge in [-0.25, -0.2) is 4.98 Å². The third kappa shape index (κ3) is 4.31. The van der Waals surface area contributed by atoms with Gasteiger partial charge < -0.3 is 5.32 Å². The Balaban J connectivity index is 1.73. The van der Waals surface area contributed by atoms with Crippen molar-refractivity contribution < 1.29 is 9.59 Å². The average molecular weight is 268 g/mol. The maximum Gasteiger partial charge on any atom is 0.225 e. The number of rotatable bonds is 6. The molecule has 0 spiro atoms. The van der Waals surface area contributed by atoms with Crippen LogP contribution in [0.3, 0.4) is 0 Å². The molecule has 0 bridgehead atoms. The number of nitrogens with zero attached hydrogens (tertiary/aromatic N) is 1. The Labute approximate surface area is 117 Å². The Hall–Kier alpha value is -2.49. The number of amides is 1. The predicted molar refractivity (Wildman–Crippen MR) is 77.5 cm³/mol. The number of ketones is 1. The van der Waals surface area contributed by atoms with Crippen LogP contribution >= 0.6 is 0 Å². The second-order valence-electron chi connectivity index (χ2n) is 4.41. The quantitative estimate of drug-likeness (QED) is 0.819. The van der Waals surface area contributed by atoms with E-state index in [9.17, 15) is 9.59 Å². The Morgan fingerprint density at radius 1 is 0.950 bits per heavy atom. The van der Waals surface area contributed by atoms with Crippen LogP contribution in [-0.4, -0.2) is 16.7 Å². The Morgan fingerprint density at radius 2 is 1.70 bits per heavy atom. The normalized spacial score (nSPS) is 10.0. The first-order valence-corrected chi connectivity index (χ1v) is 6.55. The maximum absolute atomic E-state index is 11.8. The second kappa shape index (κ2) is 7.19. The van der Waals surface area contributed by atoms with E-state index in [1.165, 1.54) is 0 Å². The van der Waals surface area contributed by atoms with Crippen molar-refractivity contribution in [1.82, 2.24) is 4.98 Å². The molecule has 1 N–H and O–H groups in total. The number of benzene rings is 1. The Bertz CT molecular complexity index is 568. The van der Waals surface area contributed by atoms with E-state index < -0.39 is 0 Å². The van der Waals surface area contributed by atoms with Gasteiger partial charge in [0.05, 0.1) is 0 Å². The minimum Gasteiger partial charge on any atom is -0.311 e. The maximum atomic E-state index is 11.8. The summed E-state index contributed by atoms with van der Waals surface area (Å²) in [6, 6.07) is 14.4. The summed E-state index contributed by atoms with van der Waals surface area (Å²) in [4.78, 5) is 27.5. The van der Waals surface area contributed by atoms with Gasteiger partial charge in [-0.05, 0) is 18.6 Å². The van der Waals surface area contributed by atoms with Crippen LogP contribution < -0.4 is 5.32 Å². The average Bonchev–Trinajstić information content (AvgIpc) is 2.49. The lowest BCUT2D eigenvalue weighted by molar-refractivity contribution is -0.116. The SMILES string of the molecule is O=C(CCCC(=O)c1ccccc1)Nc1ccccn1. The largest absolute Gasteiger partial charge is 0.311 e. The van der Waals surface area contributed by atoms with Crippen molar-refractivity contribution in [3.63, 3.8) is 0 Å². The molecule has 0 unspecified atom stereocenters. The Kier molecular flexibility index (Phi) is 5.00. The number of carbonyl (C=O) groups excluding carboxylic acids is 2. The Morgan fingerprint density at radius 3 is 2.40 bits per heavy atom. The third-order valence-corrected chi connectivity index (χ3v) is 2.84. The number of nitrogens with one attached hydrogen (secondary N) is 1. The van der Waals surface area contributed by atoms with E-state index >= 15 is 0 Å². The molecule has 4 nitrogen and oxygen atoms in total. The molecule has 1 aromatic heterocycles. The zero-order valence-electron chi connectivity index (χ0n) is 11.1. The number of carbonyl (C=O) groups is 2. The molecule has 20 heavy (non-hydrogen) atoms. The number of aromatic nitrogens is 1. The molecule has 2 aromatic rings. The zero-order chi connectivity index (χ0) is 14.2. The summed E-state index contributed by atoms with van der Waals surface area (Å²) in [6.45, 7) is 0. The lowest BCUT2D eigenvalue weighted by Crippen LogP contribution is -2.12. The first-order valence-electron chi connectivity index (χ1n) is 6.55. The van der Waals surface area contributed by atoms with Crippen LogP contribution in [0.5, 0.6) is 0 Å². The fourth-order valence-electron chi connectivity index (χ4n) is 1.82. The van der Waals surface area contributed by atoms with Gasteiger partial charge in [-0.1, -0.05) is 36.4 Å². The first kappa shape index (κ1) is 13.9. The van der Waals surface area contributed by atoms with E-state index in [0.29, 0.717) is 30.6 Å². The summed E-state index contributed by atoms with van der Waals surface area (Å²) in [6.07, 6.45) is 2.84. The molecule has 4 heteroatoms. The molecule has 102 valence electrons. The van der Waals surface area contributed by atoms with Gasteiger partial charge in [0.25, 0.3) is 0 Å². The lowest BCUT2D eigenvalue weighted by Gasteiger charge is -2.04. The molecular weight excluding hydrogens is 252 g/mol. The highest BCUT2D eigenvalue weighted by Crippen LogP contribution is 2.08. The fourth-order valence-corrected chi connectivity index (χ4v) is 1.82. The predicted octanol–water partition coefficient (Wildman–Crippen LogP) is 3.07. The van der Waals surface area contributed by atoms with Crippen molar-refractivity contribution in [3.05, 3.63) is 60.3 Å². The van der Waals surface area contributed by atoms with Crippen LogP contribution in [0.1, 0.15) is 29.6 Å². The van der Waals surface area contributed by atoms with Crippen molar-refractivity contribution in [2.75, 3.05) is 5.32 Å². The smallest absolute Gasteiger partial charge is 0.225 e. The minimum absolute atomic E-state index is 0.0660. The fraction of sp³-hybridized carbons (Fsp3) is 0.188. The van der Waals surface area contributed by atoms with Crippen molar-refractivity contribution in [3.8, 4) is 0 Å². The summed E-state index contributed by atoms with van der Waals surface area (Å²) in [7, 11) is 0. The van der Waals surface area contributed by atoms with Crippen LogP contribution in [0.15, 0.2) is 54.7 Å². The van der Waals surface area contributed by atoms with Gasteiger partial charge in [-0.2, -0.15) is 0 Å². The number of pyridine rings is 1. The van der Waals surface area contributed by atoms with Crippen molar-refractivity contribution in [1.29, 1.82) is 0 Å². The summed E-state index contributed by atoms with van der Waals surface area (Å²) >= 11 is 0. The van der Waals surface area contributed by atoms with Crippen molar-refractivity contribution >= 4 is 17.5 Å². The van der Waals surface area contributed by atoms with E-state index in [4.69, 9.17) is 0 Å². The molecular formula is C16H16N2O2. The molecule has 0 atom stereocenters. The van der Waals surface area contributed by atoms with Crippen LogP contribution in [-0.2, 0) is 4.79 Å². The summed E-state index contributed by atoms with van der Waals surface area (Å²) < 4.78 is 0. The monoisotopic (exact) mass is 268 g/mol. The summed E-state index contributed by atoms with van der Waals surface area (Å²) in [5.41, 5.74) is 0.692. The van der Waals surface area contributed by atoms with Gasteiger partial charge in [-0.15, -0.1) is 0 Å². The highest BCUT2D eigenvalue weighted by Gasteiger charge is 2.07. The number of hydrogen-bond donors (Lipinski definition) is 1. The number of anilines is 1. The van der Waals surface area contributed by atoms with Gasteiger partial charge >= 0.3 is 0 Å². The van der Waals surface area contributed by atoms with E-state index in [0.717, 1.165) is 0 Å². The topological polar surface area (TPSA) is 59.1 Å². The molecule has 1 heterocycles. The van der Waals surface area contributed by atoms with Crippen LogP contribution in [0, 0.1) is 0 Å². The zero-order valence-corrected chi connectivity index (χ0v) is 11.1. The van der Waals surface area contributed by atoms with Crippen molar-refractivity contribution in [2.45, 2.75) is 19.3 Å². The van der Waals surface area contributed by atoms with E-state index in [1.807, 2.05) is 24.3 Å². The summed E-state index contributed by atoms with van der Waals surface area (Å²) in [5.74, 6) is 0.479. The van der Waals surface area contributed by atoms with Gasteiger partial charge in [0.1, 0.15) is 5.82 Å². The second-order valence-corrected chi connectivity index (χ2v) is 4.41. The number of Topliss-reactive ketones (excluding diaryl/α,β-unsaturated/α-hetero) is 1. The molecule has 0 radical (unpaired) electrons. The van der Waals surface area contributed by atoms with Gasteiger partial charge in [0.15, 0.2) is 5.78 Å². The molecule has 0 aliphatic rings. The molecule has 0 aliphatic heterocycles.